The van der Waals surface area contributed by atoms with Crippen LogP contribution in [0.25, 0.3) is 0 Å². The third-order valence-corrected chi connectivity index (χ3v) is 6.37. The molecule has 3 fully saturated rings. The summed E-state index contributed by atoms with van der Waals surface area (Å²) in [6, 6.07) is 6.21. The number of hydrogen-bond donors (Lipinski definition) is 1. The van der Waals surface area contributed by atoms with Crippen molar-refractivity contribution in [1.29, 1.82) is 0 Å². The van der Waals surface area contributed by atoms with E-state index < -0.39 is 24.5 Å². The lowest BCUT2D eigenvalue weighted by Crippen LogP contribution is -2.45. The maximum absolute atomic E-state index is 12.8. The van der Waals surface area contributed by atoms with E-state index >= 15 is 0 Å². The van der Waals surface area contributed by atoms with Crippen LogP contribution in [0.3, 0.4) is 0 Å². The molecule has 1 aliphatic heterocycles. The third-order valence-electron chi connectivity index (χ3n) is 6.37. The largest absolute Gasteiger partial charge is 0.454 e. The Morgan fingerprint density at radius 3 is 2.25 bits per heavy atom. The zero-order valence-electron chi connectivity index (χ0n) is 16.0. The number of carbonyl (C=O) groups excluding carboxylic acids is 4. The first-order valence-electron chi connectivity index (χ1n) is 9.77. The molecule has 1 aromatic rings. The maximum Gasteiger partial charge on any atom is 0.329 e. The number of hydrogen-bond acceptors (Lipinski definition) is 5. The zero-order valence-corrected chi connectivity index (χ0v) is 16.0. The molecule has 2 bridgehead atoms. The number of benzene rings is 1. The van der Waals surface area contributed by atoms with Gasteiger partial charge in [-0.3, -0.25) is 19.3 Å². The molecule has 1 N–H and O–H groups in total. The molecule has 4 rings (SSSR count). The molecule has 0 radical (unpaired) electrons. The molecule has 0 unspecified atom stereocenters. The van der Waals surface area contributed by atoms with E-state index in [2.05, 4.69) is 5.32 Å². The van der Waals surface area contributed by atoms with Crippen molar-refractivity contribution in [3.05, 3.63) is 29.8 Å². The molecule has 0 aromatic heterocycles. The van der Waals surface area contributed by atoms with Crippen LogP contribution < -0.4 is 5.32 Å². The molecular formula is C21H24N2O5. The van der Waals surface area contributed by atoms with Gasteiger partial charge in [-0.25, -0.2) is 4.79 Å². The van der Waals surface area contributed by atoms with Crippen LogP contribution in [-0.2, 0) is 23.9 Å². The summed E-state index contributed by atoms with van der Waals surface area (Å²) in [6.45, 7) is 2.96. The van der Waals surface area contributed by atoms with Gasteiger partial charge in [-0.05, 0) is 57.1 Å². The Bertz CT molecular complexity index is 806. The van der Waals surface area contributed by atoms with Gasteiger partial charge in [0.25, 0.3) is 5.91 Å². The molecule has 7 heteroatoms. The van der Waals surface area contributed by atoms with Crippen LogP contribution in [0, 0.1) is 30.6 Å². The van der Waals surface area contributed by atoms with E-state index in [1.807, 2.05) is 19.1 Å². The van der Waals surface area contributed by atoms with Gasteiger partial charge in [-0.15, -0.1) is 0 Å². The number of fused-ring (bicyclic) bond motifs is 5. The molecule has 1 saturated heterocycles. The molecule has 148 valence electrons. The third kappa shape index (κ3) is 3.08. The first-order valence-corrected chi connectivity index (χ1v) is 9.77. The van der Waals surface area contributed by atoms with Gasteiger partial charge in [0.15, 0.2) is 6.61 Å². The van der Waals surface area contributed by atoms with E-state index in [1.165, 1.54) is 6.92 Å². The molecule has 2 aliphatic carbocycles. The molecule has 1 aromatic carbocycles. The predicted molar refractivity (Wildman–Crippen MR) is 99.9 cm³/mol. The number of amides is 3. The summed E-state index contributed by atoms with van der Waals surface area (Å²) in [7, 11) is 0. The summed E-state index contributed by atoms with van der Waals surface area (Å²) in [5.41, 5.74) is 1.67. The average Bonchev–Trinajstić information content (AvgIpc) is 3.35. The van der Waals surface area contributed by atoms with Crippen molar-refractivity contribution < 1.29 is 23.9 Å². The van der Waals surface area contributed by atoms with Crippen molar-refractivity contribution in [2.45, 2.75) is 39.2 Å². The topological polar surface area (TPSA) is 92.8 Å². The summed E-state index contributed by atoms with van der Waals surface area (Å²) in [6.07, 6.45) is 2.91. The van der Waals surface area contributed by atoms with Crippen LogP contribution in [0.15, 0.2) is 24.3 Å². The Kier molecular flexibility index (Phi) is 4.69. The van der Waals surface area contributed by atoms with Crippen molar-refractivity contribution in [3.8, 4) is 0 Å². The van der Waals surface area contributed by atoms with E-state index in [0.29, 0.717) is 5.69 Å². The molecule has 28 heavy (non-hydrogen) atoms. The quantitative estimate of drug-likeness (QED) is 0.618. The number of ether oxygens (including phenoxy) is 1. The monoisotopic (exact) mass is 384 g/mol. The highest BCUT2D eigenvalue weighted by atomic mass is 16.5. The standard InChI is InChI=1S/C21H24N2O5/c1-11-3-7-15(8-4-11)22-16(24)10-28-21(27)12(2)23-19(25)17-13-5-6-14(9-13)18(17)20(23)26/h3-4,7-8,12-14,17-18H,5-6,9-10H2,1-2H3,(H,22,24)/t12-,13-,14+,17-,18+/m0/s1. The Labute approximate surface area is 163 Å². The lowest BCUT2D eigenvalue weighted by molar-refractivity contribution is -0.159. The van der Waals surface area contributed by atoms with Gasteiger partial charge in [0.2, 0.25) is 11.8 Å². The maximum atomic E-state index is 12.8. The number of nitrogens with one attached hydrogen (secondary N) is 1. The summed E-state index contributed by atoms with van der Waals surface area (Å²) >= 11 is 0. The fraction of sp³-hybridized carbons (Fsp3) is 0.524. The van der Waals surface area contributed by atoms with E-state index in [-0.39, 0.29) is 35.5 Å². The Morgan fingerprint density at radius 2 is 1.68 bits per heavy atom. The van der Waals surface area contributed by atoms with Crippen molar-refractivity contribution >= 4 is 29.4 Å². The minimum absolute atomic E-state index is 0.254. The van der Waals surface area contributed by atoms with Crippen molar-refractivity contribution in [2.24, 2.45) is 23.7 Å². The molecular weight excluding hydrogens is 360 g/mol. The van der Waals surface area contributed by atoms with Crippen molar-refractivity contribution in [1.82, 2.24) is 4.90 Å². The summed E-state index contributed by atoms with van der Waals surface area (Å²) < 4.78 is 5.06. The molecule has 1 heterocycles. The lowest BCUT2D eigenvalue weighted by atomic mass is 9.81. The van der Waals surface area contributed by atoms with Crippen LogP contribution in [0.5, 0.6) is 0 Å². The van der Waals surface area contributed by atoms with Crippen LogP contribution in [0.2, 0.25) is 0 Å². The van der Waals surface area contributed by atoms with E-state index in [0.717, 1.165) is 29.7 Å². The Morgan fingerprint density at radius 1 is 1.11 bits per heavy atom. The molecule has 3 amide bonds. The van der Waals surface area contributed by atoms with E-state index in [1.54, 1.807) is 12.1 Å². The van der Waals surface area contributed by atoms with Crippen LogP contribution in [0.4, 0.5) is 5.69 Å². The van der Waals surface area contributed by atoms with Gasteiger partial charge in [0.05, 0.1) is 11.8 Å². The summed E-state index contributed by atoms with van der Waals surface area (Å²) in [5, 5.41) is 2.64. The number of anilines is 1. The smallest absolute Gasteiger partial charge is 0.329 e. The number of nitrogens with zero attached hydrogens (tertiary/aromatic N) is 1. The van der Waals surface area contributed by atoms with Gasteiger partial charge >= 0.3 is 5.97 Å². The van der Waals surface area contributed by atoms with Gasteiger partial charge in [-0.1, -0.05) is 17.7 Å². The number of aryl methyl sites for hydroxylation is 1. The fourth-order valence-corrected chi connectivity index (χ4v) is 5.01. The second-order valence-electron chi connectivity index (χ2n) is 8.13. The second kappa shape index (κ2) is 7.04. The lowest BCUT2D eigenvalue weighted by Gasteiger charge is -2.23. The number of imide groups is 1. The number of rotatable bonds is 5. The minimum atomic E-state index is -1.02. The number of esters is 1. The predicted octanol–water partition coefficient (Wildman–Crippen LogP) is 1.90. The summed E-state index contributed by atoms with van der Waals surface area (Å²) in [4.78, 5) is 51.0. The highest BCUT2D eigenvalue weighted by Crippen LogP contribution is 2.56. The number of carbonyl (C=O) groups is 4. The van der Waals surface area contributed by atoms with Gasteiger partial charge in [0, 0.05) is 5.69 Å². The minimum Gasteiger partial charge on any atom is -0.454 e. The second-order valence-corrected chi connectivity index (χ2v) is 8.13. The molecule has 5 atom stereocenters. The Hall–Kier alpha value is -2.70. The van der Waals surface area contributed by atoms with E-state index in [4.69, 9.17) is 4.74 Å². The van der Waals surface area contributed by atoms with Crippen molar-refractivity contribution in [3.63, 3.8) is 0 Å². The van der Waals surface area contributed by atoms with Crippen molar-refractivity contribution in [2.75, 3.05) is 11.9 Å². The number of likely N-dealkylation sites (tertiary alicyclic amines) is 1. The Balaban J connectivity index is 1.33. The average molecular weight is 384 g/mol. The van der Waals surface area contributed by atoms with Crippen LogP contribution >= 0.6 is 0 Å². The SMILES string of the molecule is Cc1ccc(NC(=O)COC(=O)[C@H](C)N2C(=O)[C@@H]3[C@@H]4CC[C@@H](C4)[C@@H]3C2=O)cc1. The fourth-order valence-electron chi connectivity index (χ4n) is 5.01. The van der Waals surface area contributed by atoms with Gasteiger partial charge < -0.3 is 10.1 Å². The molecule has 3 aliphatic rings. The normalized spacial score (nSPS) is 29.0. The first-order chi connectivity index (χ1) is 13.4. The molecule has 7 nitrogen and oxygen atoms in total. The van der Waals surface area contributed by atoms with Gasteiger partial charge in [-0.2, -0.15) is 0 Å². The van der Waals surface area contributed by atoms with E-state index in [9.17, 15) is 19.2 Å². The van der Waals surface area contributed by atoms with Crippen LogP contribution in [-0.4, -0.2) is 41.2 Å². The highest BCUT2D eigenvalue weighted by Gasteiger charge is 2.62. The van der Waals surface area contributed by atoms with Crippen LogP contribution in [0.1, 0.15) is 31.7 Å². The zero-order chi connectivity index (χ0) is 20.0. The molecule has 2 saturated carbocycles. The molecule has 0 spiro atoms. The van der Waals surface area contributed by atoms with Gasteiger partial charge in [0.1, 0.15) is 6.04 Å². The first kappa shape index (κ1) is 18.7. The summed E-state index contributed by atoms with van der Waals surface area (Å²) in [5.74, 6) is -1.74. The highest BCUT2D eigenvalue weighted by molar-refractivity contribution is 6.08.